The van der Waals surface area contributed by atoms with E-state index in [1.165, 1.54) is 5.56 Å². The van der Waals surface area contributed by atoms with Crippen LogP contribution in [-0.4, -0.2) is 5.78 Å². The maximum absolute atomic E-state index is 12.6. The van der Waals surface area contributed by atoms with Gasteiger partial charge in [-0.05, 0) is 28.7 Å². The second kappa shape index (κ2) is 4.47. The Hall–Kier alpha value is -1.11. The fourth-order valence-electron chi connectivity index (χ4n) is 3.30. The first-order chi connectivity index (χ1) is 8.68. The lowest BCUT2D eigenvalue weighted by atomic mass is 9.97. The van der Waals surface area contributed by atoms with Crippen molar-refractivity contribution in [1.82, 2.24) is 0 Å². The number of ketones is 1. The average Bonchev–Trinajstić information content (AvgIpc) is 2.68. The van der Waals surface area contributed by atoms with Crippen molar-refractivity contribution in [3.05, 3.63) is 35.4 Å². The molecule has 0 bridgehead atoms. The molecule has 1 heteroatoms. The van der Waals surface area contributed by atoms with Crippen LogP contribution in [0.3, 0.4) is 0 Å². The molecule has 0 aromatic heterocycles. The molecule has 1 nitrogen and oxygen atoms in total. The van der Waals surface area contributed by atoms with Crippen LogP contribution in [0.4, 0.5) is 0 Å². The smallest absolute Gasteiger partial charge is 0.167 e. The number of rotatable bonds is 4. The summed E-state index contributed by atoms with van der Waals surface area (Å²) >= 11 is 0. The highest BCUT2D eigenvalue weighted by Gasteiger charge is 2.67. The highest BCUT2D eigenvalue weighted by atomic mass is 16.1. The standard InChI is InChI=1S/C18H26O/c1-12(2)11-13-7-9-14(10-8-13)15(19)16-17(3,4)18(16,5)6/h7-10,12,16H,11H2,1-6H3. The number of carbonyl (C=O) groups excluding carboxylic acids is 1. The van der Waals surface area contributed by atoms with Gasteiger partial charge in [-0.1, -0.05) is 65.8 Å². The minimum absolute atomic E-state index is 0.126. The number of hydrogen-bond donors (Lipinski definition) is 0. The zero-order valence-corrected chi connectivity index (χ0v) is 13.1. The molecule has 0 spiro atoms. The van der Waals surface area contributed by atoms with Crippen molar-refractivity contribution in [3.8, 4) is 0 Å². The monoisotopic (exact) mass is 258 g/mol. The Bertz CT molecular complexity index is 463. The van der Waals surface area contributed by atoms with Crippen molar-refractivity contribution in [2.24, 2.45) is 22.7 Å². The summed E-state index contributed by atoms with van der Waals surface area (Å²) in [7, 11) is 0. The second-order valence-corrected chi connectivity index (χ2v) is 7.54. The van der Waals surface area contributed by atoms with E-state index in [0.717, 1.165) is 12.0 Å². The fraction of sp³-hybridized carbons (Fsp3) is 0.611. The number of carbonyl (C=O) groups is 1. The molecular formula is C18H26O. The number of Topliss-reactive ketones (excluding diaryl/α,β-unsaturated/α-hetero) is 1. The van der Waals surface area contributed by atoms with Gasteiger partial charge >= 0.3 is 0 Å². The van der Waals surface area contributed by atoms with Crippen molar-refractivity contribution < 1.29 is 4.79 Å². The van der Waals surface area contributed by atoms with Crippen LogP contribution < -0.4 is 0 Å². The Morgan fingerprint density at radius 1 is 1.05 bits per heavy atom. The number of benzene rings is 1. The van der Waals surface area contributed by atoms with Gasteiger partial charge in [0.1, 0.15) is 0 Å². The third-order valence-corrected chi connectivity index (χ3v) is 5.17. The van der Waals surface area contributed by atoms with Crippen LogP contribution in [-0.2, 0) is 6.42 Å². The summed E-state index contributed by atoms with van der Waals surface area (Å²) in [5, 5.41) is 0. The largest absolute Gasteiger partial charge is 0.294 e. The summed E-state index contributed by atoms with van der Waals surface area (Å²) in [6.45, 7) is 13.2. The van der Waals surface area contributed by atoms with Gasteiger partial charge in [0.25, 0.3) is 0 Å². The minimum atomic E-state index is 0.126. The lowest BCUT2D eigenvalue weighted by molar-refractivity contribution is 0.0945. The van der Waals surface area contributed by atoms with Gasteiger partial charge in [0.05, 0.1) is 0 Å². The van der Waals surface area contributed by atoms with Crippen molar-refractivity contribution in [3.63, 3.8) is 0 Å². The molecule has 0 radical (unpaired) electrons. The van der Waals surface area contributed by atoms with Crippen molar-refractivity contribution in [2.45, 2.75) is 48.0 Å². The van der Waals surface area contributed by atoms with E-state index in [1.54, 1.807) is 0 Å². The van der Waals surface area contributed by atoms with Crippen LogP contribution in [0.2, 0.25) is 0 Å². The highest BCUT2D eigenvalue weighted by Crippen LogP contribution is 2.69. The van der Waals surface area contributed by atoms with Crippen molar-refractivity contribution >= 4 is 5.78 Å². The molecule has 0 atom stereocenters. The first-order valence-electron chi connectivity index (χ1n) is 7.31. The molecule has 1 aromatic carbocycles. The summed E-state index contributed by atoms with van der Waals surface area (Å²) in [6, 6.07) is 8.22. The van der Waals surface area contributed by atoms with Crippen LogP contribution in [0.25, 0.3) is 0 Å². The van der Waals surface area contributed by atoms with Crippen LogP contribution in [0.1, 0.15) is 57.5 Å². The fourth-order valence-corrected chi connectivity index (χ4v) is 3.30. The molecule has 0 amide bonds. The SMILES string of the molecule is CC(C)Cc1ccc(C(=O)C2C(C)(C)C2(C)C)cc1. The predicted molar refractivity (Wildman–Crippen MR) is 80.4 cm³/mol. The maximum atomic E-state index is 12.6. The van der Waals surface area contributed by atoms with Crippen molar-refractivity contribution in [2.75, 3.05) is 0 Å². The molecule has 2 rings (SSSR count). The minimum Gasteiger partial charge on any atom is -0.294 e. The third-order valence-electron chi connectivity index (χ3n) is 5.17. The first-order valence-corrected chi connectivity index (χ1v) is 7.31. The van der Waals surface area contributed by atoms with Gasteiger partial charge in [0, 0.05) is 11.5 Å². The van der Waals surface area contributed by atoms with E-state index in [0.29, 0.717) is 11.7 Å². The quantitative estimate of drug-likeness (QED) is 0.712. The second-order valence-electron chi connectivity index (χ2n) is 7.54. The van der Waals surface area contributed by atoms with E-state index >= 15 is 0 Å². The Kier molecular flexibility index (Phi) is 3.36. The van der Waals surface area contributed by atoms with Gasteiger partial charge in [0.2, 0.25) is 0 Å². The molecule has 1 aromatic rings. The summed E-state index contributed by atoms with van der Waals surface area (Å²) < 4.78 is 0. The molecule has 19 heavy (non-hydrogen) atoms. The van der Waals surface area contributed by atoms with Gasteiger partial charge in [0.15, 0.2) is 5.78 Å². The summed E-state index contributed by atoms with van der Waals surface area (Å²) in [5.41, 5.74) is 2.44. The van der Waals surface area contributed by atoms with Gasteiger partial charge in [-0.3, -0.25) is 4.79 Å². The molecule has 0 saturated heterocycles. The van der Waals surface area contributed by atoms with E-state index in [9.17, 15) is 4.79 Å². The Balaban J connectivity index is 2.14. The topological polar surface area (TPSA) is 17.1 Å². The van der Waals surface area contributed by atoms with E-state index in [-0.39, 0.29) is 16.7 Å². The molecule has 0 unspecified atom stereocenters. The highest BCUT2D eigenvalue weighted by molar-refractivity contribution is 6.01. The molecule has 1 aliphatic rings. The van der Waals surface area contributed by atoms with Gasteiger partial charge in [-0.2, -0.15) is 0 Å². The van der Waals surface area contributed by atoms with Crippen LogP contribution >= 0.6 is 0 Å². The molecular weight excluding hydrogens is 232 g/mol. The first kappa shape index (κ1) is 14.3. The predicted octanol–water partition coefficient (Wildman–Crippen LogP) is 4.75. The molecule has 1 aliphatic carbocycles. The van der Waals surface area contributed by atoms with Crippen LogP contribution in [0.5, 0.6) is 0 Å². The number of hydrogen-bond acceptors (Lipinski definition) is 1. The summed E-state index contributed by atoms with van der Waals surface area (Å²) in [6.07, 6.45) is 1.08. The average molecular weight is 258 g/mol. The Morgan fingerprint density at radius 2 is 1.53 bits per heavy atom. The maximum Gasteiger partial charge on any atom is 0.167 e. The van der Waals surface area contributed by atoms with Crippen LogP contribution in [0.15, 0.2) is 24.3 Å². The summed E-state index contributed by atoms with van der Waals surface area (Å²) in [5.74, 6) is 1.13. The lowest BCUT2D eigenvalue weighted by Gasteiger charge is -2.07. The van der Waals surface area contributed by atoms with E-state index in [2.05, 4.69) is 53.7 Å². The molecule has 0 aliphatic heterocycles. The molecule has 104 valence electrons. The van der Waals surface area contributed by atoms with E-state index in [1.807, 2.05) is 12.1 Å². The molecule has 1 fully saturated rings. The Morgan fingerprint density at radius 3 is 1.89 bits per heavy atom. The summed E-state index contributed by atoms with van der Waals surface area (Å²) in [4.78, 5) is 12.6. The van der Waals surface area contributed by atoms with Gasteiger partial charge in [-0.25, -0.2) is 0 Å². The van der Waals surface area contributed by atoms with Crippen LogP contribution in [0, 0.1) is 22.7 Å². The molecule has 1 saturated carbocycles. The normalized spacial score (nSPS) is 20.6. The third kappa shape index (κ3) is 2.35. The zero-order valence-electron chi connectivity index (χ0n) is 13.1. The van der Waals surface area contributed by atoms with E-state index < -0.39 is 0 Å². The Labute approximate surface area is 117 Å². The van der Waals surface area contributed by atoms with Gasteiger partial charge in [-0.15, -0.1) is 0 Å². The lowest BCUT2D eigenvalue weighted by Crippen LogP contribution is -2.07. The van der Waals surface area contributed by atoms with Crippen molar-refractivity contribution in [1.29, 1.82) is 0 Å². The van der Waals surface area contributed by atoms with Gasteiger partial charge < -0.3 is 0 Å². The molecule has 0 heterocycles. The molecule has 0 N–H and O–H groups in total. The zero-order chi connectivity index (χ0) is 14.4. The van der Waals surface area contributed by atoms with E-state index in [4.69, 9.17) is 0 Å².